The standard InChI is InChI=1S/C19H38O4/c1-2-3-4-5-6-7-8-9-10-11-12-13-14-15-16-17-18(20)23-19(21)22/h18,20H,2-17H2,1H3,(H,21,22). The van der Waals surface area contributed by atoms with Gasteiger partial charge in [-0.1, -0.05) is 96.8 Å². The van der Waals surface area contributed by atoms with Crippen LogP contribution in [0.1, 0.15) is 110 Å². The van der Waals surface area contributed by atoms with Crippen molar-refractivity contribution in [3.8, 4) is 0 Å². The second-order valence-corrected chi connectivity index (χ2v) is 6.58. The van der Waals surface area contributed by atoms with E-state index in [2.05, 4.69) is 11.7 Å². The summed E-state index contributed by atoms with van der Waals surface area (Å²) in [6.07, 6.45) is 17.3. The molecule has 1 atom stereocenters. The first-order valence-electron chi connectivity index (χ1n) is 9.74. The van der Waals surface area contributed by atoms with E-state index in [1.807, 2.05) is 0 Å². The fourth-order valence-electron chi connectivity index (χ4n) is 2.87. The van der Waals surface area contributed by atoms with Crippen molar-refractivity contribution >= 4 is 6.16 Å². The molecule has 0 spiro atoms. The number of hydrogen-bond donors (Lipinski definition) is 2. The predicted octanol–water partition coefficient (Wildman–Crippen LogP) is 6.26. The predicted molar refractivity (Wildman–Crippen MR) is 94.7 cm³/mol. The van der Waals surface area contributed by atoms with E-state index in [9.17, 15) is 9.90 Å². The molecule has 0 bridgehead atoms. The van der Waals surface area contributed by atoms with Gasteiger partial charge in [0.25, 0.3) is 0 Å². The van der Waals surface area contributed by atoms with Crippen LogP contribution >= 0.6 is 0 Å². The minimum absolute atomic E-state index is 0.407. The number of carbonyl (C=O) groups is 1. The van der Waals surface area contributed by atoms with Gasteiger partial charge in [-0.05, 0) is 6.42 Å². The van der Waals surface area contributed by atoms with E-state index in [1.165, 1.54) is 77.0 Å². The summed E-state index contributed by atoms with van der Waals surface area (Å²) in [6, 6.07) is 0. The summed E-state index contributed by atoms with van der Waals surface area (Å²) < 4.78 is 4.24. The Morgan fingerprint density at radius 2 is 1.09 bits per heavy atom. The highest BCUT2D eigenvalue weighted by molar-refractivity contribution is 5.56. The van der Waals surface area contributed by atoms with Gasteiger partial charge in [-0.2, -0.15) is 0 Å². The van der Waals surface area contributed by atoms with Crippen LogP contribution in [0, 0.1) is 0 Å². The van der Waals surface area contributed by atoms with Gasteiger partial charge in [-0.25, -0.2) is 4.79 Å². The van der Waals surface area contributed by atoms with Crippen LogP contribution in [0.5, 0.6) is 0 Å². The average Bonchev–Trinajstić information content (AvgIpc) is 2.50. The number of unbranched alkanes of at least 4 members (excludes halogenated alkanes) is 14. The fraction of sp³-hybridized carbons (Fsp3) is 0.947. The van der Waals surface area contributed by atoms with E-state index in [1.54, 1.807) is 0 Å². The maximum absolute atomic E-state index is 10.2. The van der Waals surface area contributed by atoms with Crippen molar-refractivity contribution < 1.29 is 19.7 Å². The summed E-state index contributed by atoms with van der Waals surface area (Å²) in [5.41, 5.74) is 0. The smallest absolute Gasteiger partial charge is 0.450 e. The molecular formula is C19H38O4. The third-order valence-electron chi connectivity index (χ3n) is 4.29. The largest absolute Gasteiger partial charge is 0.508 e. The first-order chi connectivity index (χ1) is 11.2. The SMILES string of the molecule is CCCCCCCCCCCCCCCCCC(O)OC(=O)O. The Kier molecular flexibility index (Phi) is 17.0. The molecule has 23 heavy (non-hydrogen) atoms. The fourth-order valence-corrected chi connectivity index (χ4v) is 2.87. The lowest BCUT2D eigenvalue weighted by molar-refractivity contribution is -0.0754. The van der Waals surface area contributed by atoms with Crippen molar-refractivity contribution in [1.82, 2.24) is 0 Å². The molecule has 0 aromatic rings. The molecule has 0 aliphatic heterocycles. The lowest BCUT2D eigenvalue weighted by Crippen LogP contribution is -2.15. The van der Waals surface area contributed by atoms with Gasteiger partial charge < -0.3 is 14.9 Å². The average molecular weight is 331 g/mol. The Labute approximate surface area is 142 Å². The van der Waals surface area contributed by atoms with Gasteiger partial charge in [-0.3, -0.25) is 0 Å². The number of hydrogen-bond acceptors (Lipinski definition) is 3. The van der Waals surface area contributed by atoms with Crippen LogP contribution in [-0.2, 0) is 4.74 Å². The molecule has 0 aromatic carbocycles. The molecule has 0 amide bonds. The van der Waals surface area contributed by atoms with Crippen LogP contribution in [0.3, 0.4) is 0 Å². The van der Waals surface area contributed by atoms with Crippen LogP contribution in [0.15, 0.2) is 0 Å². The van der Waals surface area contributed by atoms with Crippen molar-refractivity contribution in [3.63, 3.8) is 0 Å². The number of aliphatic hydroxyl groups excluding tert-OH is 1. The highest BCUT2D eigenvalue weighted by Gasteiger charge is 2.08. The van der Waals surface area contributed by atoms with Gasteiger partial charge in [0.1, 0.15) is 0 Å². The minimum Gasteiger partial charge on any atom is -0.450 e. The van der Waals surface area contributed by atoms with E-state index in [-0.39, 0.29) is 0 Å². The van der Waals surface area contributed by atoms with E-state index in [0.29, 0.717) is 6.42 Å². The molecule has 0 rings (SSSR count). The van der Waals surface area contributed by atoms with Gasteiger partial charge >= 0.3 is 6.16 Å². The van der Waals surface area contributed by atoms with Crippen molar-refractivity contribution in [2.24, 2.45) is 0 Å². The second kappa shape index (κ2) is 17.6. The van der Waals surface area contributed by atoms with Crippen LogP contribution < -0.4 is 0 Å². The molecule has 0 saturated heterocycles. The first-order valence-corrected chi connectivity index (χ1v) is 9.74. The molecule has 0 fully saturated rings. The summed E-state index contributed by atoms with van der Waals surface area (Å²) in [5.74, 6) is 0. The molecule has 1 unspecified atom stereocenters. The normalized spacial score (nSPS) is 12.3. The topological polar surface area (TPSA) is 66.8 Å². The van der Waals surface area contributed by atoms with Crippen LogP contribution in [-0.4, -0.2) is 22.7 Å². The molecular weight excluding hydrogens is 292 g/mol. The highest BCUT2D eigenvalue weighted by Crippen LogP contribution is 2.14. The minimum atomic E-state index is -1.40. The monoisotopic (exact) mass is 330 g/mol. The van der Waals surface area contributed by atoms with Crippen molar-refractivity contribution in [2.45, 2.75) is 116 Å². The molecule has 4 nitrogen and oxygen atoms in total. The maximum atomic E-state index is 10.2. The van der Waals surface area contributed by atoms with E-state index in [0.717, 1.165) is 19.3 Å². The van der Waals surface area contributed by atoms with Gasteiger partial charge in [0.2, 0.25) is 6.29 Å². The molecule has 2 N–H and O–H groups in total. The molecule has 0 radical (unpaired) electrons. The second-order valence-electron chi connectivity index (χ2n) is 6.58. The van der Waals surface area contributed by atoms with Gasteiger partial charge in [0.15, 0.2) is 0 Å². The summed E-state index contributed by atoms with van der Waals surface area (Å²) in [6.45, 7) is 2.26. The Morgan fingerprint density at radius 3 is 1.43 bits per heavy atom. The van der Waals surface area contributed by atoms with Crippen LogP contribution in [0.4, 0.5) is 4.79 Å². The van der Waals surface area contributed by atoms with Crippen molar-refractivity contribution in [1.29, 1.82) is 0 Å². The molecule has 138 valence electrons. The van der Waals surface area contributed by atoms with E-state index in [4.69, 9.17) is 5.11 Å². The Balaban J connectivity index is 3.06. The molecule has 0 aliphatic carbocycles. The van der Waals surface area contributed by atoms with Gasteiger partial charge in [0, 0.05) is 6.42 Å². The Bertz CT molecular complexity index is 256. The Morgan fingerprint density at radius 1 is 0.739 bits per heavy atom. The summed E-state index contributed by atoms with van der Waals surface area (Å²) in [7, 11) is 0. The lowest BCUT2D eigenvalue weighted by Gasteiger charge is -2.08. The third kappa shape index (κ3) is 19.2. The quantitative estimate of drug-likeness (QED) is 0.188. The maximum Gasteiger partial charge on any atom is 0.508 e. The zero-order valence-corrected chi connectivity index (χ0v) is 15.1. The summed E-state index contributed by atoms with van der Waals surface area (Å²) in [5, 5.41) is 17.5. The first kappa shape index (κ1) is 22.2. The number of carboxylic acid groups (broad SMARTS) is 1. The van der Waals surface area contributed by atoms with Crippen molar-refractivity contribution in [3.05, 3.63) is 0 Å². The van der Waals surface area contributed by atoms with Gasteiger partial charge in [-0.15, -0.1) is 0 Å². The molecule has 0 heterocycles. The van der Waals surface area contributed by atoms with Crippen LogP contribution in [0.25, 0.3) is 0 Å². The lowest BCUT2D eigenvalue weighted by atomic mass is 10.0. The number of rotatable bonds is 17. The molecule has 0 saturated carbocycles. The molecule has 4 heteroatoms. The summed E-state index contributed by atoms with van der Waals surface area (Å²) >= 11 is 0. The number of aliphatic hydroxyl groups is 1. The van der Waals surface area contributed by atoms with Crippen LogP contribution in [0.2, 0.25) is 0 Å². The van der Waals surface area contributed by atoms with Crippen molar-refractivity contribution in [2.75, 3.05) is 0 Å². The zero-order chi connectivity index (χ0) is 17.2. The van der Waals surface area contributed by atoms with E-state index >= 15 is 0 Å². The molecule has 0 aromatic heterocycles. The third-order valence-corrected chi connectivity index (χ3v) is 4.29. The highest BCUT2D eigenvalue weighted by atomic mass is 16.7. The Hall–Kier alpha value is -0.770. The zero-order valence-electron chi connectivity index (χ0n) is 15.1. The van der Waals surface area contributed by atoms with Gasteiger partial charge in [0.05, 0.1) is 0 Å². The number of ether oxygens (including phenoxy) is 1. The van der Waals surface area contributed by atoms with E-state index < -0.39 is 12.4 Å². The molecule has 0 aliphatic rings. The summed E-state index contributed by atoms with van der Waals surface area (Å²) in [4.78, 5) is 10.2.